The quantitative estimate of drug-likeness (QED) is 0.591. The first-order valence-corrected chi connectivity index (χ1v) is 7.65. The van der Waals surface area contributed by atoms with Crippen LogP contribution >= 0.6 is 0 Å². The number of anilines is 1. The first-order chi connectivity index (χ1) is 11.9. The van der Waals surface area contributed by atoms with Gasteiger partial charge in [0.2, 0.25) is 0 Å². The number of aromatic amines is 1. The first kappa shape index (κ1) is 15.4. The second-order valence-corrected chi connectivity index (χ2v) is 5.87. The van der Waals surface area contributed by atoms with Gasteiger partial charge in [0.25, 0.3) is 0 Å². The van der Waals surface area contributed by atoms with Crippen LogP contribution in [0.5, 0.6) is 0 Å². The zero-order chi connectivity index (χ0) is 17.6. The number of fused-ring (bicyclic) bond motifs is 1. The number of benzene rings is 1. The highest BCUT2D eigenvalue weighted by Crippen LogP contribution is 2.32. The summed E-state index contributed by atoms with van der Waals surface area (Å²) >= 11 is 0. The average Bonchev–Trinajstić information content (AvgIpc) is 3.24. The van der Waals surface area contributed by atoms with Gasteiger partial charge in [0.05, 0.1) is 11.8 Å². The number of nitrogen functional groups attached to an aromatic ring is 1. The molecule has 0 radical (unpaired) electrons. The van der Waals surface area contributed by atoms with Gasteiger partial charge in [0, 0.05) is 17.8 Å². The Balaban J connectivity index is 1.64. The molecule has 4 rings (SSSR count). The van der Waals surface area contributed by atoms with E-state index in [1.54, 1.807) is 6.20 Å². The maximum atomic E-state index is 13.2. The Hall–Kier alpha value is -3.16. The Bertz CT molecular complexity index is 1040. The van der Waals surface area contributed by atoms with Crippen molar-refractivity contribution < 1.29 is 13.2 Å². The number of nitrogens with zero attached hydrogens (tertiary/aromatic N) is 3. The van der Waals surface area contributed by atoms with Crippen LogP contribution in [0.4, 0.5) is 14.6 Å². The summed E-state index contributed by atoms with van der Waals surface area (Å²) in [5, 5.41) is 9.51. The smallest absolute Gasteiger partial charge is 0.301 e. The second-order valence-electron chi connectivity index (χ2n) is 5.87. The van der Waals surface area contributed by atoms with Crippen molar-refractivity contribution in [2.75, 3.05) is 5.73 Å². The third kappa shape index (κ3) is 2.75. The maximum Gasteiger partial charge on any atom is 0.301 e. The average molecular weight is 343 g/mol. The van der Waals surface area contributed by atoms with Gasteiger partial charge in [0.15, 0.2) is 5.76 Å². The molecule has 0 spiro atoms. The van der Waals surface area contributed by atoms with E-state index in [1.807, 2.05) is 24.3 Å². The van der Waals surface area contributed by atoms with Crippen LogP contribution in [0.15, 0.2) is 47.0 Å². The number of rotatable bonds is 4. The Morgan fingerprint density at radius 3 is 2.80 bits per heavy atom. The zero-order valence-electron chi connectivity index (χ0n) is 13.3. The molecule has 0 saturated heterocycles. The van der Waals surface area contributed by atoms with E-state index in [2.05, 4.69) is 15.2 Å². The minimum atomic E-state index is -3.01. The van der Waals surface area contributed by atoms with Crippen LogP contribution in [-0.2, 0) is 12.5 Å². The van der Waals surface area contributed by atoms with E-state index in [4.69, 9.17) is 10.2 Å². The van der Waals surface area contributed by atoms with E-state index in [9.17, 15) is 8.78 Å². The number of furan rings is 1. The molecule has 6 nitrogen and oxygen atoms in total. The molecule has 0 fully saturated rings. The number of aromatic nitrogens is 4. The Morgan fingerprint density at radius 1 is 1.24 bits per heavy atom. The van der Waals surface area contributed by atoms with E-state index in [-0.39, 0.29) is 12.3 Å². The molecule has 8 heteroatoms. The van der Waals surface area contributed by atoms with E-state index in [0.29, 0.717) is 17.3 Å². The lowest BCUT2D eigenvalue weighted by Gasteiger charge is -2.05. The summed E-state index contributed by atoms with van der Waals surface area (Å²) in [5.41, 5.74) is 8.34. The Morgan fingerprint density at radius 2 is 2.04 bits per heavy atom. The largest absolute Gasteiger partial charge is 0.458 e. The van der Waals surface area contributed by atoms with Crippen LogP contribution in [0.1, 0.15) is 18.4 Å². The highest BCUT2D eigenvalue weighted by atomic mass is 19.3. The van der Waals surface area contributed by atoms with Crippen molar-refractivity contribution in [1.82, 2.24) is 20.0 Å². The minimum Gasteiger partial charge on any atom is -0.458 e. The molecule has 4 aromatic rings. The molecule has 0 amide bonds. The van der Waals surface area contributed by atoms with Gasteiger partial charge in [-0.1, -0.05) is 18.2 Å². The number of halogens is 2. The zero-order valence-corrected chi connectivity index (χ0v) is 13.3. The molecular formula is C17H15F2N5O. The maximum absolute atomic E-state index is 13.2. The molecule has 0 saturated carbocycles. The van der Waals surface area contributed by atoms with E-state index < -0.39 is 5.92 Å². The standard InChI is InChI=1S/C17H15F2N5O/c1-17(18,19)14-7-6-10(25-14)9-24-21-8-13(23-24)15-11-4-2-3-5-12(11)22-16(15)20/h2-8,22H,9,20H2,1H3. The van der Waals surface area contributed by atoms with Gasteiger partial charge < -0.3 is 15.1 Å². The molecule has 128 valence electrons. The number of nitrogens with two attached hydrogens (primary N) is 1. The Kier molecular flexibility index (Phi) is 3.34. The lowest BCUT2D eigenvalue weighted by atomic mass is 10.1. The predicted molar refractivity (Wildman–Crippen MR) is 89.1 cm³/mol. The number of alkyl halides is 2. The highest BCUT2D eigenvalue weighted by Gasteiger charge is 2.28. The fourth-order valence-corrected chi connectivity index (χ4v) is 2.77. The molecule has 25 heavy (non-hydrogen) atoms. The van der Waals surface area contributed by atoms with Crippen molar-refractivity contribution in [3.05, 3.63) is 54.1 Å². The van der Waals surface area contributed by atoms with Crippen LogP contribution in [0, 0.1) is 0 Å². The predicted octanol–water partition coefficient (Wildman–Crippen LogP) is 3.76. The van der Waals surface area contributed by atoms with Crippen molar-refractivity contribution in [1.29, 1.82) is 0 Å². The molecule has 1 aromatic carbocycles. The fourth-order valence-electron chi connectivity index (χ4n) is 2.77. The molecule has 3 N–H and O–H groups in total. The monoisotopic (exact) mass is 343 g/mol. The molecular weight excluding hydrogens is 328 g/mol. The lowest BCUT2D eigenvalue weighted by molar-refractivity contribution is -0.00640. The van der Waals surface area contributed by atoms with E-state index in [1.165, 1.54) is 16.9 Å². The molecule has 0 atom stereocenters. The first-order valence-electron chi connectivity index (χ1n) is 7.65. The molecule has 3 aromatic heterocycles. The number of hydrogen-bond acceptors (Lipinski definition) is 4. The van der Waals surface area contributed by atoms with Gasteiger partial charge >= 0.3 is 5.92 Å². The summed E-state index contributed by atoms with van der Waals surface area (Å²) in [6.45, 7) is 0.942. The van der Waals surface area contributed by atoms with Crippen molar-refractivity contribution in [2.45, 2.75) is 19.4 Å². The molecule has 0 aliphatic rings. The SMILES string of the molecule is CC(F)(F)c1ccc(Cn2ncc(-c3c(N)[nH]c4ccccc34)n2)o1. The van der Waals surface area contributed by atoms with Gasteiger partial charge in [-0.15, -0.1) is 0 Å². The molecule has 0 unspecified atom stereocenters. The van der Waals surface area contributed by atoms with E-state index in [0.717, 1.165) is 23.4 Å². The summed E-state index contributed by atoms with van der Waals surface area (Å²) in [6.07, 6.45) is 1.59. The van der Waals surface area contributed by atoms with Crippen LogP contribution in [0.3, 0.4) is 0 Å². The van der Waals surface area contributed by atoms with Crippen LogP contribution in [0.2, 0.25) is 0 Å². The highest BCUT2D eigenvalue weighted by molar-refractivity contribution is 6.00. The second kappa shape index (κ2) is 5.44. The number of para-hydroxylation sites is 1. The molecule has 0 bridgehead atoms. The normalized spacial score (nSPS) is 12.1. The number of H-pyrrole nitrogens is 1. The summed E-state index contributed by atoms with van der Waals surface area (Å²) in [5.74, 6) is -2.54. The van der Waals surface area contributed by atoms with Crippen LogP contribution < -0.4 is 5.73 Å². The summed E-state index contributed by atoms with van der Waals surface area (Å²) in [6, 6.07) is 10.5. The fraction of sp³-hybridized carbons (Fsp3) is 0.176. The Labute approximate surface area is 141 Å². The van der Waals surface area contributed by atoms with Gasteiger partial charge in [-0.2, -0.15) is 23.8 Å². The van der Waals surface area contributed by atoms with E-state index >= 15 is 0 Å². The third-order valence-corrected chi connectivity index (χ3v) is 3.92. The van der Waals surface area contributed by atoms with Crippen molar-refractivity contribution >= 4 is 16.7 Å². The summed E-state index contributed by atoms with van der Waals surface area (Å²) in [7, 11) is 0. The summed E-state index contributed by atoms with van der Waals surface area (Å²) in [4.78, 5) is 4.49. The van der Waals surface area contributed by atoms with Gasteiger partial charge in [-0.25, -0.2) is 0 Å². The lowest BCUT2D eigenvalue weighted by Crippen LogP contribution is -2.05. The van der Waals surface area contributed by atoms with Crippen molar-refractivity contribution in [3.8, 4) is 11.3 Å². The van der Waals surface area contributed by atoms with Gasteiger partial charge in [-0.05, 0) is 18.2 Å². The molecule has 3 heterocycles. The van der Waals surface area contributed by atoms with Gasteiger partial charge in [0.1, 0.15) is 23.8 Å². The van der Waals surface area contributed by atoms with Crippen LogP contribution in [0.25, 0.3) is 22.2 Å². The van der Waals surface area contributed by atoms with Crippen molar-refractivity contribution in [2.24, 2.45) is 0 Å². The molecule has 0 aliphatic carbocycles. The van der Waals surface area contributed by atoms with Gasteiger partial charge in [-0.3, -0.25) is 0 Å². The van der Waals surface area contributed by atoms with Crippen molar-refractivity contribution in [3.63, 3.8) is 0 Å². The number of hydrogen-bond donors (Lipinski definition) is 2. The number of nitrogens with one attached hydrogen (secondary N) is 1. The molecule has 0 aliphatic heterocycles. The topological polar surface area (TPSA) is 85.7 Å². The van der Waals surface area contributed by atoms with Crippen LogP contribution in [-0.4, -0.2) is 20.0 Å². The third-order valence-electron chi connectivity index (χ3n) is 3.92. The minimum absolute atomic E-state index is 0.151. The summed E-state index contributed by atoms with van der Waals surface area (Å²) < 4.78 is 31.6.